The van der Waals surface area contributed by atoms with Crippen molar-refractivity contribution in [2.75, 3.05) is 0 Å². The van der Waals surface area contributed by atoms with E-state index in [1.807, 2.05) is 0 Å². The van der Waals surface area contributed by atoms with E-state index in [0.29, 0.717) is 0 Å². The maximum atomic E-state index is 7.03. The highest BCUT2D eigenvalue weighted by molar-refractivity contribution is 7.26. The van der Waals surface area contributed by atoms with Crippen LogP contribution in [0.3, 0.4) is 0 Å². The molecule has 0 aliphatic carbocycles. The Balaban J connectivity index is 1.52. The van der Waals surface area contributed by atoms with E-state index in [4.69, 9.17) is 11.6 Å². The van der Waals surface area contributed by atoms with Crippen molar-refractivity contribution in [3.63, 3.8) is 0 Å². The fourth-order valence-electron chi connectivity index (χ4n) is 4.46. The summed E-state index contributed by atoms with van der Waals surface area (Å²) in [5, 5.41) is 3.21. The van der Waals surface area contributed by atoms with Crippen LogP contribution in [0.25, 0.3) is 53.6 Å². The lowest BCUT2D eigenvalue weighted by Crippen LogP contribution is -1.87. The summed E-state index contributed by atoms with van der Waals surface area (Å²) in [6.07, 6.45) is 0. The maximum Gasteiger partial charge on any atom is 0.0577 e. The predicted octanol–water partition coefficient (Wildman–Crippen LogP) is 9.71. The highest BCUT2D eigenvalue weighted by Crippen LogP contribution is 2.43. The first-order valence-electron chi connectivity index (χ1n) is 10.6. The van der Waals surface area contributed by atoms with Crippen LogP contribution in [0.4, 0.5) is 0 Å². The van der Waals surface area contributed by atoms with Gasteiger partial charge in [0.05, 0.1) is 5.02 Å². The zero-order valence-corrected chi connectivity index (χ0v) is 18.8. The monoisotopic (exact) mass is 446 g/mol. The van der Waals surface area contributed by atoms with Gasteiger partial charge < -0.3 is 0 Å². The minimum absolute atomic E-state index is 0.827. The largest absolute Gasteiger partial charge is 0.135 e. The smallest absolute Gasteiger partial charge is 0.0577 e. The number of hydrogen-bond acceptors (Lipinski definition) is 1. The lowest BCUT2D eigenvalue weighted by Gasteiger charge is -2.12. The Hall–Kier alpha value is -3.39. The lowest BCUT2D eigenvalue weighted by atomic mass is 9.92. The van der Waals surface area contributed by atoms with E-state index in [0.717, 1.165) is 21.5 Å². The maximum absolute atomic E-state index is 7.03. The Labute approximate surface area is 196 Å². The van der Waals surface area contributed by atoms with Crippen molar-refractivity contribution in [3.05, 3.63) is 120 Å². The van der Waals surface area contributed by atoms with E-state index in [1.54, 1.807) is 11.3 Å². The quantitative estimate of drug-likeness (QED) is 0.253. The van der Waals surface area contributed by atoms with Gasteiger partial charge in [-0.15, -0.1) is 11.3 Å². The third-order valence-electron chi connectivity index (χ3n) is 5.98. The van der Waals surface area contributed by atoms with Gasteiger partial charge in [-0.2, -0.15) is 0 Å². The molecule has 0 nitrogen and oxygen atoms in total. The molecule has 0 radical (unpaired) electrons. The topological polar surface area (TPSA) is 0 Å². The van der Waals surface area contributed by atoms with Gasteiger partial charge in [0.15, 0.2) is 0 Å². The highest BCUT2D eigenvalue weighted by atomic mass is 35.5. The summed E-state index contributed by atoms with van der Waals surface area (Å²) in [5.74, 6) is 0. The molecule has 0 bridgehead atoms. The number of halogens is 1. The van der Waals surface area contributed by atoms with Crippen molar-refractivity contribution < 1.29 is 0 Å². The summed E-state index contributed by atoms with van der Waals surface area (Å²) in [6.45, 7) is 0. The van der Waals surface area contributed by atoms with Gasteiger partial charge in [-0.25, -0.2) is 0 Å². The summed E-state index contributed by atoms with van der Waals surface area (Å²) in [7, 11) is 0. The number of fused-ring (bicyclic) bond motifs is 3. The molecule has 0 aliphatic rings. The number of hydrogen-bond donors (Lipinski definition) is 0. The van der Waals surface area contributed by atoms with Crippen LogP contribution in [-0.4, -0.2) is 0 Å². The van der Waals surface area contributed by atoms with E-state index < -0.39 is 0 Å². The summed E-state index contributed by atoms with van der Waals surface area (Å²) in [4.78, 5) is 0. The molecule has 0 spiro atoms. The normalized spacial score (nSPS) is 11.3. The molecule has 0 N–H and O–H groups in total. The Morgan fingerprint density at radius 3 is 1.91 bits per heavy atom. The molecule has 0 aliphatic heterocycles. The minimum Gasteiger partial charge on any atom is -0.135 e. The van der Waals surface area contributed by atoms with Gasteiger partial charge in [-0.3, -0.25) is 0 Å². The molecule has 6 aromatic rings. The fourth-order valence-corrected chi connectivity index (χ4v) is 6.00. The van der Waals surface area contributed by atoms with Crippen molar-refractivity contribution in [1.82, 2.24) is 0 Å². The van der Waals surface area contributed by atoms with Crippen LogP contribution >= 0.6 is 22.9 Å². The van der Waals surface area contributed by atoms with Crippen molar-refractivity contribution in [2.24, 2.45) is 0 Å². The second-order valence-corrected chi connectivity index (χ2v) is 9.35. The third-order valence-corrected chi connectivity index (χ3v) is 7.51. The van der Waals surface area contributed by atoms with Crippen LogP contribution in [0, 0.1) is 0 Å². The fraction of sp³-hybridized carbons (Fsp3) is 0. The molecule has 1 heterocycles. The Morgan fingerprint density at radius 1 is 0.469 bits per heavy atom. The Morgan fingerprint density at radius 2 is 1.09 bits per heavy atom. The van der Waals surface area contributed by atoms with E-state index in [9.17, 15) is 0 Å². The Bertz CT molecular complexity index is 1580. The van der Waals surface area contributed by atoms with Crippen LogP contribution < -0.4 is 0 Å². The second-order valence-electron chi connectivity index (χ2n) is 7.89. The van der Waals surface area contributed by atoms with Crippen molar-refractivity contribution in [3.8, 4) is 33.4 Å². The van der Waals surface area contributed by atoms with Crippen LogP contribution in [0.2, 0.25) is 5.02 Å². The van der Waals surface area contributed by atoms with E-state index in [1.165, 1.54) is 37.0 Å². The highest BCUT2D eigenvalue weighted by Gasteiger charge is 2.14. The molecule has 1 aromatic heterocycles. The van der Waals surface area contributed by atoms with Gasteiger partial charge in [0.1, 0.15) is 0 Å². The van der Waals surface area contributed by atoms with Crippen molar-refractivity contribution in [1.29, 1.82) is 0 Å². The van der Waals surface area contributed by atoms with Gasteiger partial charge in [0.25, 0.3) is 0 Å². The van der Waals surface area contributed by atoms with Crippen LogP contribution in [0.1, 0.15) is 0 Å². The molecule has 0 saturated heterocycles. The molecule has 0 saturated carbocycles. The van der Waals surface area contributed by atoms with Crippen LogP contribution in [0.5, 0.6) is 0 Å². The molecule has 0 atom stereocenters. The van der Waals surface area contributed by atoms with Gasteiger partial charge in [-0.1, -0.05) is 109 Å². The molecule has 2 heteroatoms. The number of benzene rings is 5. The van der Waals surface area contributed by atoms with Crippen LogP contribution in [-0.2, 0) is 0 Å². The van der Waals surface area contributed by atoms with Gasteiger partial charge in [0.2, 0.25) is 0 Å². The first-order valence-corrected chi connectivity index (χ1v) is 11.8. The molecule has 32 heavy (non-hydrogen) atoms. The molecule has 5 aromatic carbocycles. The van der Waals surface area contributed by atoms with Crippen molar-refractivity contribution in [2.45, 2.75) is 0 Å². The van der Waals surface area contributed by atoms with E-state index >= 15 is 0 Å². The lowest BCUT2D eigenvalue weighted by molar-refractivity contribution is 1.57. The third kappa shape index (κ3) is 3.22. The second kappa shape index (κ2) is 7.94. The number of rotatable bonds is 3. The molecule has 0 amide bonds. The molecule has 6 rings (SSSR count). The molecule has 152 valence electrons. The predicted molar refractivity (Wildman–Crippen MR) is 141 cm³/mol. The zero-order valence-electron chi connectivity index (χ0n) is 17.3. The summed E-state index contributed by atoms with van der Waals surface area (Å²) < 4.78 is 2.50. The average Bonchev–Trinajstić information content (AvgIpc) is 3.24. The van der Waals surface area contributed by atoms with Crippen LogP contribution in [0.15, 0.2) is 115 Å². The first kappa shape index (κ1) is 19.3. The zero-order chi connectivity index (χ0) is 21.5. The first-order chi connectivity index (χ1) is 15.8. The summed E-state index contributed by atoms with van der Waals surface area (Å²) >= 11 is 8.82. The van der Waals surface area contributed by atoms with E-state index in [-0.39, 0.29) is 0 Å². The van der Waals surface area contributed by atoms with Gasteiger partial charge in [0, 0.05) is 25.7 Å². The summed E-state index contributed by atoms with van der Waals surface area (Å²) in [6, 6.07) is 40.7. The van der Waals surface area contributed by atoms with Gasteiger partial charge in [-0.05, 0) is 46.0 Å². The molecular formula is C30H19ClS. The average molecular weight is 447 g/mol. The van der Waals surface area contributed by atoms with Crippen molar-refractivity contribution >= 4 is 43.1 Å². The minimum atomic E-state index is 0.827. The van der Waals surface area contributed by atoms with E-state index in [2.05, 4.69) is 115 Å². The Kier molecular flexibility index (Phi) is 4.79. The molecular weight excluding hydrogens is 428 g/mol. The molecule has 0 unspecified atom stereocenters. The standard InChI is InChI=1S/C30H19ClS/c31-30-25(17-18-28-29(30)26-15-6-7-16-27(26)32-28)22-12-8-11-21(19-22)24-14-5-4-13-23(24)20-9-2-1-3-10-20/h1-19H. The number of thiophene rings is 1. The molecule has 0 fully saturated rings. The van der Waals surface area contributed by atoms with Gasteiger partial charge >= 0.3 is 0 Å². The summed E-state index contributed by atoms with van der Waals surface area (Å²) in [5.41, 5.74) is 7.06. The SMILES string of the molecule is Clc1c(-c2cccc(-c3ccccc3-c3ccccc3)c2)ccc2sc3ccccc3c12.